The molecule has 1 N–H and O–H groups in total. The maximum absolute atomic E-state index is 5.94. The highest BCUT2D eigenvalue weighted by molar-refractivity contribution is 6.42. The summed E-state index contributed by atoms with van der Waals surface area (Å²) in [4.78, 5) is 0. The second-order valence-corrected chi connectivity index (χ2v) is 4.50. The van der Waals surface area contributed by atoms with E-state index in [4.69, 9.17) is 27.9 Å². The van der Waals surface area contributed by atoms with Crippen LogP contribution >= 0.6 is 23.2 Å². The molecule has 0 amide bonds. The lowest BCUT2D eigenvalue weighted by Crippen LogP contribution is -2.45. The molecule has 1 saturated heterocycles. The molecule has 1 fully saturated rings. The maximum Gasteiger partial charge on any atom is 0.0608 e. The third-order valence-corrected chi connectivity index (χ3v) is 3.24. The summed E-state index contributed by atoms with van der Waals surface area (Å²) < 4.78 is 5.27. The zero-order valence-electron chi connectivity index (χ0n) is 8.88. The molecular weight excluding hydrogens is 247 g/mol. The largest absolute Gasteiger partial charge is 0.379 e. The van der Waals surface area contributed by atoms with E-state index < -0.39 is 0 Å². The fraction of sp³-hybridized carbons (Fsp3) is 0.455. The Morgan fingerprint density at radius 2 is 1.94 bits per heavy atom. The molecule has 0 radical (unpaired) electrons. The Morgan fingerprint density at radius 3 is 2.62 bits per heavy atom. The van der Waals surface area contributed by atoms with Gasteiger partial charge in [0.1, 0.15) is 0 Å². The van der Waals surface area contributed by atoms with Crippen molar-refractivity contribution in [1.82, 2.24) is 10.4 Å². The van der Waals surface area contributed by atoms with E-state index in [1.165, 1.54) is 0 Å². The van der Waals surface area contributed by atoms with Crippen molar-refractivity contribution in [3.63, 3.8) is 0 Å². The van der Waals surface area contributed by atoms with Gasteiger partial charge in [0, 0.05) is 19.6 Å². The van der Waals surface area contributed by atoms with E-state index in [2.05, 4.69) is 10.4 Å². The van der Waals surface area contributed by atoms with Crippen LogP contribution in [0.15, 0.2) is 18.2 Å². The molecule has 3 nitrogen and oxygen atoms in total. The van der Waals surface area contributed by atoms with E-state index in [-0.39, 0.29) is 0 Å². The van der Waals surface area contributed by atoms with Crippen molar-refractivity contribution in [2.45, 2.75) is 6.54 Å². The summed E-state index contributed by atoms with van der Waals surface area (Å²) in [6.07, 6.45) is 0. The van der Waals surface area contributed by atoms with Crippen LogP contribution in [0.1, 0.15) is 5.56 Å². The number of morpholine rings is 1. The van der Waals surface area contributed by atoms with Crippen LogP contribution in [-0.2, 0) is 11.3 Å². The number of ether oxygens (including phenoxy) is 1. The molecule has 1 aromatic rings. The highest BCUT2D eigenvalue weighted by Gasteiger charge is 2.09. The van der Waals surface area contributed by atoms with E-state index in [1.807, 2.05) is 18.2 Å². The summed E-state index contributed by atoms with van der Waals surface area (Å²) >= 11 is 11.8. The van der Waals surface area contributed by atoms with E-state index in [1.54, 1.807) is 0 Å². The number of hydrogen-bond donors (Lipinski definition) is 1. The third-order valence-electron chi connectivity index (χ3n) is 2.50. The first kappa shape index (κ1) is 12.1. The molecular formula is C11H14Cl2N2O. The van der Waals surface area contributed by atoms with Gasteiger partial charge >= 0.3 is 0 Å². The maximum atomic E-state index is 5.94. The van der Waals surface area contributed by atoms with Crippen LogP contribution < -0.4 is 5.43 Å². The van der Waals surface area contributed by atoms with Crippen LogP contribution in [0.4, 0.5) is 0 Å². The predicted molar refractivity (Wildman–Crippen MR) is 65.7 cm³/mol. The van der Waals surface area contributed by atoms with Gasteiger partial charge in [-0.05, 0) is 17.7 Å². The van der Waals surface area contributed by atoms with E-state index in [0.717, 1.165) is 38.4 Å². The van der Waals surface area contributed by atoms with E-state index in [0.29, 0.717) is 10.0 Å². The number of hydrogen-bond acceptors (Lipinski definition) is 3. The van der Waals surface area contributed by atoms with Gasteiger partial charge in [0.2, 0.25) is 0 Å². The van der Waals surface area contributed by atoms with Crippen molar-refractivity contribution in [2.75, 3.05) is 26.3 Å². The fourth-order valence-electron chi connectivity index (χ4n) is 1.57. The van der Waals surface area contributed by atoms with Crippen LogP contribution in [0.25, 0.3) is 0 Å². The van der Waals surface area contributed by atoms with Crippen LogP contribution in [-0.4, -0.2) is 31.3 Å². The Labute approximate surface area is 105 Å². The minimum absolute atomic E-state index is 0.594. The first-order chi connectivity index (χ1) is 7.75. The van der Waals surface area contributed by atoms with Crippen molar-refractivity contribution < 1.29 is 4.74 Å². The number of nitrogens with one attached hydrogen (secondary N) is 1. The van der Waals surface area contributed by atoms with E-state index >= 15 is 0 Å². The molecule has 0 aliphatic carbocycles. The Morgan fingerprint density at radius 1 is 1.19 bits per heavy atom. The molecule has 1 aromatic carbocycles. The van der Waals surface area contributed by atoms with Gasteiger partial charge in [0.25, 0.3) is 0 Å². The molecule has 0 atom stereocenters. The molecule has 0 spiro atoms. The monoisotopic (exact) mass is 260 g/mol. The summed E-state index contributed by atoms with van der Waals surface area (Å²) in [6, 6.07) is 5.68. The van der Waals surface area contributed by atoms with Gasteiger partial charge in [-0.3, -0.25) is 5.43 Å². The van der Waals surface area contributed by atoms with Gasteiger partial charge < -0.3 is 4.74 Å². The number of nitrogens with zero attached hydrogens (tertiary/aromatic N) is 1. The van der Waals surface area contributed by atoms with Crippen LogP contribution in [0.5, 0.6) is 0 Å². The number of halogens is 2. The van der Waals surface area contributed by atoms with Crippen molar-refractivity contribution in [2.24, 2.45) is 0 Å². The Bertz CT molecular complexity index is 354. The zero-order valence-corrected chi connectivity index (χ0v) is 10.4. The average molecular weight is 261 g/mol. The van der Waals surface area contributed by atoms with Gasteiger partial charge in [0.15, 0.2) is 0 Å². The van der Waals surface area contributed by atoms with Gasteiger partial charge in [0.05, 0.1) is 23.3 Å². The van der Waals surface area contributed by atoms with Crippen LogP contribution in [0.3, 0.4) is 0 Å². The molecule has 2 rings (SSSR count). The van der Waals surface area contributed by atoms with Gasteiger partial charge in [-0.25, -0.2) is 5.01 Å². The summed E-state index contributed by atoms with van der Waals surface area (Å²) in [6.45, 7) is 4.17. The van der Waals surface area contributed by atoms with Crippen molar-refractivity contribution in [3.8, 4) is 0 Å². The summed E-state index contributed by atoms with van der Waals surface area (Å²) in [5.41, 5.74) is 4.46. The Hall–Kier alpha value is -0.320. The number of hydrazine groups is 1. The van der Waals surface area contributed by atoms with E-state index in [9.17, 15) is 0 Å². The second kappa shape index (κ2) is 5.84. The molecule has 0 saturated carbocycles. The molecule has 0 unspecified atom stereocenters. The number of benzene rings is 1. The Balaban J connectivity index is 1.86. The lowest BCUT2D eigenvalue weighted by molar-refractivity contribution is 0.0106. The van der Waals surface area contributed by atoms with Crippen molar-refractivity contribution >= 4 is 23.2 Å². The van der Waals surface area contributed by atoms with Crippen LogP contribution in [0.2, 0.25) is 10.0 Å². The minimum Gasteiger partial charge on any atom is -0.379 e. The molecule has 16 heavy (non-hydrogen) atoms. The highest BCUT2D eigenvalue weighted by atomic mass is 35.5. The third kappa shape index (κ3) is 3.34. The molecule has 5 heteroatoms. The second-order valence-electron chi connectivity index (χ2n) is 3.68. The standard InChI is InChI=1S/C11H14Cl2N2O/c12-10-2-1-9(7-11(10)13)8-14-15-3-5-16-6-4-15/h1-2,7,14H,3-6,8H2. The molecule has 88 valence electrons. The molecule has 1 aliphatic heterocycles. The van der Waals surface area contributed by atoms with Crippen molar-refractivity contribution in [1.29, 1.82) is 0 Å². The predicted octanol–water partition coefficient (Wildman–Crippen LogP) is 2.33. The smallest absolute Gasteiger partial charge is 0.0608 e. The quantitative estimate of drug-likeness (QED) is 0.903. The molecule has 1 aliphatic rings. The molecule has 0 aromatic heterocycles. The normalized spacial score (nSPS) is 17.6. The first-order valence-electron chi connectivity index (χ1n) is 5.26. The number of rotatable bonds is 3. The molecule has 1 heterocycles. The average Bonchev–Trinajstić information content (AvgIpc) is 2.32. The SMILES string of the molecule is Clc1ccc(CNN2CCOCC2)cc1Cl. The summed E-state index contributed by atoms with van der Waals surface area (Å²) in [5, 5.41) is 3.35. The van der Waals surface area contributed by atoms with Crippen molar-refractivity contribution in [3.05, 3.63) is 33.8 Å². The van der Waals surface area contributed by atoms with Gasteiger partial charge in [-0.2, -0.15) is 0 Å². The van der Waals surface area contributed by atoms with Gasteiger partial charge in [-0.15, -0.1) is 0 Å². The zero-order chi connectivity index (χ0) is 11.4. The van der Waals surface area contributed by atoms with Gasteiger partial charge in [-0.1, -0.05) is 29.3 Å². The summed E-state index contributed by atoms with van der Waals surface area (Å²) in [5.74, 6) is 0. The highest BCUT2D eigenvalue weighted by Crippen LogP contribution is 2.22. The summed E-state index contributed by atoms with van der Waals surface area (Å²) in [7, 11) is 0. The Kier molecular flexibility index (Phi) is 4.44. The van der Waals surface area contributed by atoms with Crippen LogP contribution in [0, 0.1) is 0 Å². The minimum atomic E-state index is 0.594. The molecule has 0 bridgehead atoms. The lowest BCUT2D eigenvalue weighted by Gasteiger charge is -2.27. The lowest BCUT2D eigenvalue weighted by atomic mass is 10.2. The topological polar surface area (TPSA) is 24.5 Å². The fourth-order valence-corrected chi connectivity index (χ4v) is 1.89. The first-order valence-corrected chi connectivity index (χ1v) is 6.01.